The Morgan fingerprint density at radius 1 is 1.53 bits per heavy atom. The number of aromatic nitrogens is 1. The van der Waals surface area contributed by atoms with E-state index in [-0.39, 0.29) is 11.8 Å². The molecule has 1 atom stereocenters. The molecular formula is C12H18BrN3O. The van der Waals surface area contributed by atoms with Crippen LogP contribution in [0.4, 0.5) is 5.82 Å². The van der Waals surface area contributed by atoms with Crippen LogP contribution < -0.4 is 11.1 Å². The first-order valence-electron chi connectivity index (χ1n) is 5.65. The lowest BCUT2D eigenvalue weighted by molar-refractivity contribution is -0.120. The third-order valence-corrected chi connectivity index (χ3v) is 2.86. The zero-order valence-corrected chi connectivity index (χ0v) is 11.7. The third-order valence-electron chi connectivity index (χ3n) is 2.39. The van der Waals surface area contributed by atoms with Crippen LogP contribution in [0, 0.1) is 11.8 Å². The van der Waals surface area contributed by atoms with Crippen molar-refractivity contribution in [3.8, 4) is 0 Å². The summed E-state index contributed by atoms with van der Waals surface area (Å²) in [5.41, 5.74) is 5.61. The van der Waals surface area contributed by atoms with Crippen LogP contribution in [0.2, 0.25) is 0 Å². The molecule has 3 N–H and O–H groups in total. The second-order valence-electron chi connectivity index (χ2n) is 4.41. The number of rotatable bonds is 5. The van der Waals surface area contributed by atoms with Crippen LogP contribution in [-0.4, -0.2) is 17.4 Å². The molecule has 1 unspecified atom stereocenters. The predicted molar refractivity (Wildman–Crippen MR) is 72.6 cm³/mol. The van der Waals surface area contributed by atoms with Crippen molar-refractivity contribution >= 4 is 27.7 Å². The molecule has 0 aromatic carbocycles. The van der Waals surface area contributed by atoms with E-state index in [0.29, 0.717) is 18.3 Å². The van der Waals surface area contributed by atoms with Crippen molar-refractivity contribution in [1.82, 2.24) is 4.98 Å². The van der Waals surface area contributed by atoms with Crippen LogP contribution >= 0.6 is 15.9 Å². The minimum atomic E-state index is -0.152. The highest BCUT2D eigenvalue weighted by Gasteiger charge is 2.18. The van der Waals surface area contributed by atoms with E-state index in [9.17, 15) is 4.79 Å². The van der Waals surface area contributed by atoms with Gasteiger partial charge in [0.15, 0.2) is 0 Å². The van der Waals surface area contributed by atoms with Gasteiger partial charge in [-0.1, -0.05) is 13.8 Å². The quantitative estimate of drug-likeness (QED) is 0.877. The van der Waals surface area contributed by atoms with Gasteiger partial charge in [-0.3, -0.25) is 4.79 Å². The van der Waals surface area contributed by atoms with Gasteiger partial charge in [0.1, 0.15) is 5.82 Å². The van der Waals surface area contributed by atoms with Crippen LogP contribution in [0.5, 0.6) is 0 Å². The molecule has 4 nitrogen and oxygen atoms in total. The average Bonchev–Trinajstić information content (AvgIpc) is 2.28. The molecule has 0 spiro atoms. The van der Waals surface area contributed by atoms with E-state index in [1.807, 2.05) is 6.07 Å². The van der Waals surface area contributed by atoms with Gasteiger partial charge in [-0.15, -0.1) is 0 Å². The fourth-order valence-electron chi connectivity index (χ4n) is 1.56. The monoisotopic (exact) mass is 299 g/mol. The van der Waals surface area contributed by atoms with E-state index >= 15 is 0 Å². The lowest BCUT2D eigenvalue weighted by Gasteiger charge is -2.16. The summed E-state index contributed by atoms with van der Waals surface area (Å²) in [6.45, 7) is 4.52. The molecule has 0 fully saturated rings. The van der Waals surface area contributed by atoms with Crippen molar-refractivity contribution in [3.05, 3.63) is 22.8 Å². The fraction of sp³-hybridized carbons (Fsp3) is 0.500. The van der Waals surface area contributed by atoms with Crippen LogP contribution in [-0.2, 0) is 4.79 Å². The summed E-state index contributed by atoms with van der Waals surface area (Å²) < 4.78 is 0.882. The molecule has 1 aromatic rings. The van der Waals surface area contributed by atoms with E-state index in [1.165, 1.54) is 0 Å². The predicted octanol–water partition coefficient (Wildman–Crippen LogP) is 2.40. The van der Waals surface area contributed by atoms with E-state index in [4.69, 9.17) is 5.73 Å². The Bertz CT molecular complexity index is 365. The van der Waals surface area contributed by atoms with Gasteiger partial charge in [0, 0.05) is 17.2 Å². The second kappa shape index (κ2) is 6.71. The number of carbonyl (C=O) groups excluding carboxylic acids is 1. The van der Waals surface area contributed by atoms with Gasteiger partial charge in [0.05, 0.1) is 5.92 Å². The maximum absolute atomic E-state index is 11.9. The van der Waals surface area contributed by atoms with Crippen molar-refractivity contribution in [1.29, 1.82) is 0 Å². The molecule has 0 radical (unpaired) electrons. The summed E-state index contributed by atoms with van der Waals surface area (Å²) in [5.74, 6) is 0.795. The maximum Gasteiger partial charge on any atom is 0.229 e. The average molecular weight is 300 g/mol. The lowest BCUT2D eigenvalue weighted by atomic mass is 9.96. The van der Waals surface area contributed by atoms with Gasteiger partial charge in [0.25, 0.3) is 0 Å². The molecular weight excluding hydrogens is 282 g/mol. The standard InChI is InChI=1S/C12H18BrN3O/c1-8(2)5-9(6-14)12(17)16-11-4-3-10(13)7-15-11/h3-4,7-9H,5-6,14H2,1-2H3,(H,15,16,17). The molecule has 1 heterocycles. The molecule has 1 aromatic heterocycles. The normalized spacial score (nSPS) is 12.5. The molecule has 94 valence electrons. The van der Waals surface area contributed by atoms with Crippen LogP contribution in [0.25, 0.3) is 0 Å². The summed E-state index contributed by atoms with van der Waals surface area (Å²) in [5, 5.41) is 2.77. The van der Waals surface area contributed by atoms with Gasteiger partial charge in [-0.05, 0) is 40.4 Å². The van der Waals surface area contributed by atoms with Crippen molar-refractivity contribution in [3.63, 3.8) is 0 Å². The van der Waals surface area contributed by atoms with Crippen molar-refractivity contribution in [2.45, 2.75) is 20.3 Å². The number of amides is 1. The number of halogens is 1. The summed E-state index contributed by atoms with van der Waals surface area (Å²) >= 11 is 3.29. The Kier molecular flexibility index (Phi) is 5.58. The molecule has 17 heavy (non-hydrogen) atoms. The SMILES string of the molecule is CC(C)CC(CN)C(=O)Nc1ccc(Br)cn1. The zero-order valence-electron chi connectivity index (χ0n) is 10.1. The van der Waals surface area contributed by atoms with Gasteiger partial charge in [-0.25, -0.2) is 4.98 Å². The van der Waals surface area contributed by atoms with Crippen LogP contribution in [0.15, 0.2) is 22.8 Å². The minimum absolute atomic E-state index is 0.0592. The fourth-order valence-corrected chi connectivity index (χ4v) is 1.79. The molecule has 1 amide bonds. The topological polar surface area (TPSA) is 68.0 Å². The van der Waals surface area contributed by atoms with E-state index < -0.39 is 0 Å². The molecule has 0 saturated heterocycles. The van der Waals surface area contributed by atoms with Crippen molar-refractivity contribution < 1.29 is 4.79 Å². The smallest absolute Gasteiger partial charge is 0.229 e. The van der Waals surface area contributed by atoms with Gasteiger partial charge in [-0.2, -0.15) is 0 Å². The highest BCUT2D eigenvalue weighted by molar-refractivity contribution is 9.10. The van der Waals surface area contributed by atoms with Crippen molar-refractivity contribution in [2.75, 3.05) is 11.9 Å². The third kappa shape index (κ3) is 4.83. The minimum Gasteiger partial charge on any atom is -0.330 e. The van der Waals surface area contributed by atoms with Gasteiger partial charge in [0.2, 0.25) is 5.91 Å². The number of carbonyl (C=O) groups is 1. The van der Waals surface area contributed by atoms with Crippen molar-refractivity contribution in [2.24, 2.45) is 17.6 Å². The Morgan fingerprint density at radius 2 is 2.24 bits per heavy atom. The molecule has 1 rings (SSSR count). The summed E-state index contributed by atoms with van der Waals surface area (Å²) in [7, 11) is 0. The highest BCUT2D eigenvalue weighted by Crippen LogP contribution is 2.14. The number of pyridine rings is 1. The number of nitrogens with one attached hydrogen (secondary N) is 1. The van der Waals surface area contributed by atoms with Crippen LogP contribution in [0.1, 0.15) is 20.3 Å². The Balaban J connectivity index is 2.60. The highest BCUT2D eigenvalue weighted by atomic mass is 79.9. The molecule has 0 aliphatic heterocycles. The molecule has 0 saturated carbocycles. The summed E-state index contributed by atoms with van der Waals surface area (Å²) in [6, 6.07) is 3.59. The summed E-state index contributed by atoms with van der Waals surface area (Å²) in [4.78, 5) is 16.0. The Hall–Kier alpha value is -0.940. The summed E-state index contributed by atoms with van der Waals surface area (Å²) in [6.07, 6.45) is 2.44. The largest absolute Gasteiger partial charge is 0.330 e. The number of anilines is 1. The first-order chi connectivity index (χ1) is 8.02. The van der Waals surface area contributed by atoms with Crippen LogP contribution in [0.3, 0.4) is 0 Å². The van der Waals surface area contributed by atoms with E-state index in [2.05, 4.69) is 40.1 Å². The molecule has 5 heteroatoms. The zero-order chi connectivity index (χ0) is 12.8. The number of nitrogens with zero attached hydrogens (tertiary/aromatic N) is 1. The number of hydrogen-bond donors (Lipinski definition) is 2. The molecule has 0 bridgehead atoms. The van der Waals surface area contributed by atoms with E-state index in [0.717, 1.165) is 10.9 Å². The number of hydrogen-bond acceptors (Lipinski definition) is 3. The molecule has 0 aliphatic carbocycles. The second-order valence-corrected chi connectivity index (χ2v) is 5.33. The van der Waals surface area contributed by atoms with Gasteiger partial charge < -0.3 is 11.1 Å². The Labute approximate surface area is 110 Å². The van der Waals surface area contributed by atoms with Gasteiger partial charge >= 0.3 is 0 Å². The first-order valence-corrected chi connectivity index (χ1v) is 6.44. The number of nitrogens with two attached hydrogens (primary N) is 1. The first kappa shape index (κ1) is 14.1. The Morgan fingerprint density at radius 3 is 2.71 bits per heavy atom. The maximum atomic E-state index is 11.9. The van der Waals surface area contributed by atoms with E-state index in [1.54, 1.807) is 12.3 Å². The lowest BCUT2D eigenvalue weighted by Crippen LogP contribution is -2.30. The molecule has 0 aliphatic rings.